The molecule has 104 valence electrons. The van der Waals surface area contributed by atoms with Crippen molar-refractivity contribution in [2.75, 3.05) is 26.7 Å². The Hall–Kier alpha value is -1.06. The van der Waals surface area contributed by atoms with Crippen LogP contribution in [0.2, 0.25) is 0 Å². The minimum absolute atomic E-state index is 0.716. The molecule has 3 rings (SSSR count). The Bertz CT molecular complexity index is 421. The van der Waals surface area contributed by atoms with E-state index in [2.05, 4.69) is 28.4 Å². The Morgan fingerprint density at radius 1 is 1.32 bits per heavy atom. The van der Waals surface area contributed by atoms with E-state index in [-0.39, 0.29) is 0 Å². The van der Waals surface area contributed by atoms with E-state index < -0.39 is 0 Å². The van der Waals surface area contributed by atoms with E-state index in [1.54, 1.807) is 7.11 Å². The van der Waals surface area contributed by atoms with Crippen molar-refractivity contribution >= 4 is 0 Å². The summed E-state index contributed by atoms with van der Waals surface area (Å²) < 4.78 is 5.26. The lowest BCUT2D eigenvalue weighted by Gasteiger charge is -2.21. The summed E-state index contributed by atoms with van der Waals surface area (Å²) >= 11 is 0. The fourth-order valence-electron chi connectivity index (χ4n) is 3.55. The molecule has 19 heavy (non-hydrogen) atoms. The third-order valence-electron chi connectivity index (χ3n) is 4.56. The van der Waals surface area contributed by atoms with Gasteiger partial charge < -0.3 is 10.1 Å². The second-order valence-electron chi connectivity index (χ2n) is 5.70. The van der Waals surface area contributed by atoms with E-state index >= 15 is 0 Å². The average Bonchev–Trinajstić information content (AvgIpc) is 3.03. The summed E-state index contributed by atoms with van der Waals surface area (Å²) in [7, 11) is 1.73. The maximum atomic E-state index is 5.26. The number of nitrogens with zero attached hydrogens (tertiary/aromatic N) is 1. The van der Waals surface area contributed by atoms with Gasteiger partial charge in [0.2, 0.25) is 0 Å². The van der Waals surface area contributed by atoms with Crippen LogP contribution in [0, 0.1) is 0 Å². The minimum atomic E-state index is 0.716. The van der Waals surface area contributed by atoms with Crippen molar-refractivity contribution in [2.24, 2.45) is 0 Å². The first-order chi connectivity index (χ1) is 9.36. The number of benzene rings is 1. The first-order valence-electron chi connectivity index (χ1n) is 7.47. The second-order valence-corrected chi connectivity index (χ2v) is 5.70. The van der Waals surface area contributed by atoms with Crippen LogP contribution in [-0.4, -0.2) is 43.7 Å². The number of rotatable bonds is 5. The van der Waals surface area contributed by atoms with E-state index in [1.807, 2.05) is 6.07 Å². The van der Waals surface area contributed by atoms with Crippen LogP contribution in [0.25, 0.3) is 0 Å². The predicted octanol–water partition coefficient (Wildman–Crippen LogP) is 2.06. The fourth-order valence-corrected chi connectivity index (χ4v) is 3.55. The molecule has 0 amide bonds. The Morgan fingerprint density at radius 3 is 3.16 bits per heavy atom. The summed E-state index contributed by atoms with van der Waals surface area (Å²) in [5.41, 5.74) is 1.35. The molecule has 0 aliphatic carbocycles. The van der Waals surface area contributed by atoms with Gasteiger partial charge in [0, 0.05) is 18.6 Å². The number of methoxy groups -OCH3 is 1. The molecular formula is C16H24N2O. The molecule has 1 aromatic carbocycles. The van der Waals surface area contributed by atoms with Gasteiger partial charge in [0.1, 0.15) is 5.75 Å². The standard InChI is InChI=1S/C16H24N2O/c1-19-14-5-2-4-13(12-14)7-9-17-15-8-11-18-10-3-6-16(15)18/h2,4-5,12,15-17H,3,6-11H2,1H3. The molecular weight excluding hydrogens is 236 g/mol. The van der Waals surface area contributed by atoms with Gasteiger partial charge in [-0.05, 0) is 56.5 Å². The number of ether oxygens (including phenoxy) is 1. The number of hydrogen-bond donors (Lipinski definition) is 1. The smallest absolute Gasteiger partial charge is 0.119 e. The van der Waals surface area contributed by atoms with Crippen molar-refractivity contribution in [1.29, 1.82) is 0 Å². The Morgan fingerprint density at radius 2 is 2.26 bits per heavy atom. The molecule has 2 unspecified atom stereocenters. The molecule has 0 bridgehead atoms. The summed E-state index contributed by atoms with van der Waals surface area (Å²) in [5, 5.41) is 3.76. The van der Waals surface area contributed by atoms with Crippen molar-refractivity contribution in [3.8, 4) is 5.75 Å². The molecule has 2 atom stereocenters. The largest absolute Gasteiger partial charge is 0.497 e. The molecule has 1 aromatic rings. The van der Waals surface area contributed by atoms with Crippen LogP contribution in [0.3, 0.4) is 0 Å². The Labute approximate surface area is 115 Å². The van der Waals surface area contributed by atoms with E-state index in [1.165, 1.54) is 37.9 Å². The first kappa shape index (κ1) is 12.9. The third kappa shape index (κ3) is 2.93. The fraction of sp³-hybridized carbons (Fsp3) is 0.625. The summed E-state index contributed by atoms with van der Waals surface area (Å²) in [6.45, 7) is 3.68. The van der Waals surface area contributed by atoms with Crippen molar-refractivity contribution < 1.29 is 4.74 Å². The quantitative estimate of drug-likeness (QED) is 0.877. The summed E-state index contributed by atoms with van der Waals surface area (Å²) in [6.07, 6.45) is 5.18. The molecule has 3 nitrogen and oxygen atoms in total. The molecule has 2 heterocycles. The number of nitrogens with one attached hydrogen (secondary N) is 1. The lowest BCUT2D eigenvalue weighted by atomic mass is 10.1. The van der Waals surface area contributed by atoms with E-state index in [9.17, 15) is 0 Å². The van der Waals surface area contributed by atoms with E-state index in [4.69, 9.17) is 4.74 Å². The zero-order valence-corrected chi connectivity index (χ0v) is 11.8. The van der Waals surface area contributed by atoms with Crippen LogP contribution in [0.15, 0.2) is 24.3 Å². The maximum Gasteiger partial charge on any atom is 0.119 e. The molecule has 2 aliphatic rings. The van der Waals surface area contributed by atoms with Crippen LogP contribution in [0.1, 0.15) is 24.8 Å². The second kappa shape index (κ2) is 5.93. The average molecular weight is 260 g/mol. The van der Waals surface area contributed by atoms with Crippen molar-refractivity contribution in [1.82, 2.24) is 10.2 Å². The normalized spacial score (nSPS) is 26.6. The van der Waals surface area contributed by atoms with E-state index in [0.29, 0.717) is 6.04 Å². The molecule has 2 saturated heterocycles. The molecule has 1 N–H and O–H groups in total. The highest BCUT2D eigenvalue weighted by molar-refractivity contribution is 5.28. The zero-order chi connectivity index (χ0) is 13.1. The monoisotopic (exact) mass is 260 g/mol. The molecule has 0 aromatic heterocycles. The Balaban J connectivity index is 1.47. The maximum absolute atomic E-state index is 5.26. The van der Waals surface area contributed by atoms with Crippen molar-refractivity contribution in [3.63, 3.8) is 0 Å². The van der Waals surface area contributed by atoms with Crippen LogP contribution >= 0.6 is 0 Å². The van der Waals surface area contributed by atoms with Crippen molar-refractivity contribution in [2.45, 2.75) is 37.8 Å². The number of fused-ring (bicyclic) bond motifs is 1. The molecule has 2 aliphatic heterocycles. The van der Waals surface area contributed by atoms with Crippen LogP contribution in [0.4, 0.5) is 0 Å². The van der Waals surface area contributed by atoms with Gasteiger partial charge in [0.25, 0.3) is 0 Å². The topological polar surface area (TPSA) is 24.5 Å². The highest BCUT2D eigenvalue weighted by Crippen LogP contribution is 2.27. The highest BCUT2D eigenvalue weighted by atomic mass is 16.5. The summed E-state index contributed by atoms with van der Waals surface area (Å²) in [4.78, 5) is 2.66. The number of hydrogen-bond acceptors (Lipinski definition) is 3. The molecule has 0 saturated carbocycles. The van der Waals surface area contributed by atoms with Crippen molar-refractivity contribution in [3.05, 3.63) is 29.8 Å². The van der Waals surface area contributed by atoms with Gasteiger partial charge in [-0.1, -0.05) is 12.1 Å². The van der Waals surface area contributed by atoms with Gasteiger partial charge in [-0.25, -0.2) is 0 Å². The zero-order valence-electron chi connectivity index (χ0n) is 11.8. The van der Waals surface area contributed by atoms with Gasteiger partial charge in [0.05, 0.1) is 7.11 Å². The first-order valence-corrected chi connectivity index (χ1v) is 7.47. The molecule has 0 radical (unpaired) electrons. The SMILES string of the molecule is COc1cccc(CCNC2CCN3CCCC23)c1. The van der Waals surface area contributed by atoms with Gasteiger partial charge >= 0.3 is 0 Å². The van der Waals surface area contributed by atoms with Crippen LogP contribution < -0.4 is 10.1 Å². The summed E-state index contributed by atoms with van der Waals surface area (Å²) in [6, 6.07) is 9.92. The van der Waals surface area contributed by atoms with Crippen LogP contribution in [0.5, 0.6) is 5.75 Å². The van der Waals surface area contributed by atoms with Gasteiger partial charge in [0.15, 0.2) is 0 Å². The van der Waals surface area contributed by atoms with Gasteiger partial charge in [-0.3, -0.25) is 4.90 Å². The van der Waals surface area contributed by atoms with Gasteiger partial charge in [-0.15, -0.1) is 0 Å². The lowest BCUT2D eigenvalue weighted by molar-refractivity contribution is 0.299. The summed E-state index contributed by atoms with van der Waals surface area (Å²) in [5.74, 6) is 0.959. The van der Waals surface area contributed by atoms with Crippen LogP contribution in [-0.2, 0) is 6.42 Å². The lowest BCUT2D eigenvalue weighted by Crippen LogP contribution is -2.39. The van der Waals surface area contributed by atoms with E-state index in [0.717, 1.165) is 24.8 Å². The Kier molecular flexibility index (Phi) is 4.04. The molecule has 2 fully saturated rings. The van der Waals surface area contributed by atoms with Gasteiger partial charge in [-0.2, -0.15) is 0 Å². The predicted molar refractivity (Wildman–Crippen MR) is 77.7 cm³/mol. The molecule has 3 heteroatoms. The third-order valence-corrected chi connectivity index (χ3v) is 4.56. The minimum Gasteiger partial charge on any atom is -0.497 e. The highest BCUT2D eigenvalue weighted by Gasteiger charge is 2.36. The molecule has 0 spiro atoms.